The van der Waals surface area contributed by atoms with Crippen molar-refractivity contribution in [1.82, 2.24) is 4.90 Å². The van der Waals surface area contributed by atoms with Crippen LogP contribution in [0.4, 0.5) is 0 Å². The van der Waals surface area contributed by atoms with Crippen molar-refractivity contribution >= 4 is 23.3 Å². The van der Waals surface area contributed by atoms with Crippen LogP contribution in [0, 0.1) is 6.92 Å². The van der Waals surface area contributed by atoms with E-state index in [0.29, 0.717) is 29.2 Å². The van der Waals surface area contributed by atoms with Crippen LogP contribution in [0.1, 0.15) is 41.6 Å². The van der Waals surface area contributed by atoms with E-state index in [9.17, 15) is 9.59 Å². The molecule has 2 rings (SSSR count). The van der Waals surface area contributed by atoms with Crippen LogP contribution in [-0.2, 0) is 4.79 Å². The third kappa shape index (κ3) is 2.98. The van der Waals surface area contributed by atoms with Gasteiger partial charge in [-0.05, 0) is 37.5 Å². The fourth-order valence-electron chi connectivity index (χ4n) is 2.51. The quantitative estimate of drug-likeness (QED) is 0.833. The fourth-order valence-corrected chi connectivity index (χ4v) is 2.68. The molecule has 19 heavy (non-hydrogen) atoms. The van der Waals surface area contributed by atoms with E-state index in [1.54, 1.807) is 23.1 Å². The van der Waals surface area contributed by atoms with Gasteiger partial charge >= 0.3 is 0 Å². The average Bonchev–Trinajstić information content (AvgIpc) is 2.41. The van der Waals surface area contributed by atoms with Gasteiger partial charge in [-0.15, -0.1) is 0 Å². The van der Waals surface area contributed by atoms with E-state index >= 15 is 0 Å². The van der Waals surface area contributed by atoms with Gasteiger partial charge in [0.1, 0.15) is 5.78 Å². The van der Waals surface area contributed by atoms with Crippen molar-refractivity contribution in [1.29, 1.82) is 0 Å². The Hall–Kier alpha value is -1.35. The summed E-state index contributed by atoms with van der Waals surface area (Å²) in [5.41, 5.74) is 1.46. The maximum Gasteiger partial charge on any atom is 0.254 e. The number of hydrogen-bond donors (Lipinski definition) is 0. The summed E-state index contributed by atoms with van der Waals surface area (Å²) < 4.78 is 0. The number of benzene rings is 1. The first-order valence-corrected chi connectivity index (χ1v) is 6.92. The molecule has 0 unspecified atom stereocenters. The van der Waals surface area contributed by atoms with Gasteiger partial charge in [0.25, 0.3) is 5.91 Å². The number of carbonyl (C=O) groups is 2. The van der Waals surface area contributed by atoms with E-state index < -0.39 is 0 Å². The molecule has 0 N–H and O–H groups in total. The topological polar surface area (TPSA) is 37.4 Å². The highest BCUT2D eigenvalue weighted by atomic mass is 35.5. The molecule has 1 aromatic rings. The van der Waals surface area contributed by atoms with Crippen molar-refractivity contribution in [3.8, 4) is 0 Å². The van der Waals surface area contributed by atoms with Crippen LogP contribution >= 0.6 is 11.6 Å². The minimum Gasteiger partial charge on any atom is -0.339 e. The molecule has 0 radical (unpaired) electrons. The molecule has 1 aliphatic rings. The lowest BCUT2D eigenvalue weighted by Crippen LogP contribution is -2.39. The van der Waals surface area contributed by atoms with Crippen molar-refractivity contribution in [2.45, 2.75) is 38.6 Å². The zero-order valence-electron chi connectivity index (χ0n) is 11.3. The van der Waals surface area contributed by atoms with Gasteiger partial charge in [0.05, 0.1) is 0 Å². The predicted molar refractivity (Wildman–Crippen MR) is 75.5 cm³/mol. The summed E-state index contributed by atoms with van der Waals surface area (Å²) in [4.78, 5) is 25.5. The highest BCUT2D eigenvalue weighted by Gasteiger charge is 2.26. The van der Waals surface area contributed by atoms with Gasteiger partial charge in [0.2, 0.25) is 0 Å². The number of carbonyl (C=O) groups excluding carboxylic acids is 2. The normalized spacial score (nSPS) is 16.5. The van der Waals surface area contributed by atoms with Crippen molar-refractivity contribution in [2.75, 3.05) is 7.05 Å². The smallest absolute Gasteiger partial charge is 0.254 e. The second-order valence-corrected chi connectivity index (χ2v) is 5.51. The Morgan fingerprint density at radius 3 is 2.58 bits per heavy atom. The highest BCUT2D eigenvalue weighted by Crippen LogP contribution is 2.24. The Bertz CT molecular complexity index is 503. The molecule has 3 nitrogen and oxygen atoms in total. The van der Waals surface area contributed by atoms with E-state index in [0.717, 1.165) is 18.4 Å². The lowest BCUT2D eigenvalue weighted by Gasteiger charge is -2.31. The van der Waals surface area contributed by atoms with Crippen LogP contribution in [0.3, 0.4) is 0 Å². The summed E-state index contributed by atoms with van der Waals surface area (Å²) >= 11 is 6.05. The number of halogens is 1. The lowest BCUT2D eigenvalue weighted by molar-refractivity contribution is -0.121. The second-order valence-electron chi connectivity index (χ2n) is 5.10. The van der Waals surface area contributed by atoms with Crippen LogP contribution in [0.25, 0.3) is 0 Å². The molecule has 4 heteroatoms. The first-order chi connectivity index (χ1) is 9.00. The van der Waals surface area contributed by atoms with Crippen LogP contribution in [0.5, 0.6) is 0 Å². The van der Waals surface area contributed by atoms with Crippen molar-refractivity contribution in [3.05, 3.63) is 34.3 Å². The van der Waals surface area contributed by atoms with Crippen LogP contribution in [-0.4, -0.2) is 29.7 Å². The Kier molecular flexibility index (Phi) is 4.25. The number of rotatable bonds is 2. The SMILES string of the molecule is Cc1c(Cl)cccc1C(=O)N(C)C1CCC(=O)CC1. The summed E-state index contributed by atoms with van der Waals surface area (Å²) in [5.74, 6) is 0.287. The van der Waals surface area contributed by atoms with Crippen molar-refractivity contribution in [3.63, 3.8) is 0 Å². The maximum absolute atomic E-state index is 12.5. The van der Waals surface area contributed by atoms with Crippen molar-refractivity contribution < 1.29 is 9.59 Å². The van der Waals surface area contributed by atoms with Gasteiger partial charge in [-0.1, -0.05) is 17.7 Å². The highest BCUT2D eigenvalue weighted by molar-refractivity contribution is 6.31. The third-order valence-corrected chi connectivity index (χ3v) is 4.29. The van der Waals surface area contributed by atoms with E-state index in [4.69, 9.17) is 11.6 Å². The number of amides is 1. The number of Topliss-reactive ketones (excluding diaryl/α,β-unsaturated/α-hetero) is 1. The molecule has 0 saturated heterocycles. The molecular weight excluding hydrogens is 262 g/mol. The van der Waals surface area contributed by atoms with E-state index in [1.807, 2.05) is 14.0 Å². The maximum atomic E-state index is 12.5. The number of hydrogen-bond acceptors (Lipinski definition) is 2. The fraction of sp³-hybridized carbons (Fsp3) is 0.467. The molecule has 1 aromatic carbocycles. The Morgan fingerprint density at radius 1 is 1.32 bits per heavy atom. The Morgan fingerprint density at radius 2 is 1.95 bits per heavy atom. The summed E-state index contributed by atoms with van der Waals surface area (Å²) in [6, 6.07) is 5.53. The minimum absolute atomic E-state index is 0.0145. The standard InChI is InChI=1S/C15H18ClNO2/c1-10-13(4-3-5-14(10)16)15(19)17(2)11-6-8-12(18)9-7-11/h3-5,11H,6-9H2,1-2H3. The van der Waals surface area contributed by atoms with E-state index in [2.05, 4.69) is 0 Å². The summed E-state index contributed by atoms with van der Waals surface area (Å²) in [6.07, 6.45) is 2.69. The van der Waals surface area contributed by atoms with Gasteiger partial charge < -0.3 is 4.90 Å². The van der Waals surface area contributed by atoms with Gasteiger partial charge in [-0.2, -0.15) is 0 Å². The lowest BCUT2D eigenvalue weighted by atomic mass is 9.93. The molecule has 0 atom stereocenters. The zero-order chi connectivity index (χ0) is 14.0. The van der Waals surface area contributed by atoms with E-state index in [1.165, 1.54) is 0 Å². The Labute approximate surface area is 118 Å². The van der Waals surface area contributed by atoms with Crippen LogP contribution < -0.4 is 0 Å². The molecule has 1 amide bonds. The molecule has 1 fully saturated rings. The van der Waals surface area contributed by atoms with Gasteiger partial charge in [0, 0.05) is 36.5 Å². The largest absolute Gasteiger partial charge is 0.339 e. The second kappa shape index (κ2) is 5.74. The monoisotopic (exact) mass is 279 g/mol. The number of ketones is 1. The summed E-state index contributed by atoms with van der Waals surface area (Å²) in [6.45, 7) is 1.85. The summed E-state index contributed by atoms with van der Waals surface area (Å²) in [5, 5.41) is 0.609. The molecule has 0 aromatic heterocycles. The first kappa shape index (κ1) is 14.1. The van der Waals surface area contributed by atoms with Gasteiger partial charge in [-0.25, -0.2) is 0 Å². The molecule has 1 aliphatic carbocycles. The first-order valence-electron chi connectivity index (χ1n) is 6.54. The molecule has 0 spiro atoms. The van der Waals surface area contributed by atoms with Gasteiger partial charge in [-0.3, -0.25) is 9.59 Å². The molecule has 0 heterocycles. The van der Waals surface area contributed by atoms with Gasteiger partial charge in [0.15, 0.2) is 0 Å². The van der Waals surface area contributed by atoms with Crippen LogP contribution in [0.15, 0.2) is 18.2 Å². The molecule has 1 saturated carbocycles. The molecule has 102 valence electrons. The third-order valence-electron chi connectivity index (χ3n) is 3.88. The average molecular weight is 280 g/mol. The Balaban J connectivity index is 2.15. The van der Waals surface area contributed by atoms with Crippen molar-refractivity contribution in [2.24, 2.45) is 0 Å². The minimum atomic E-state index is -0.0145. The molecular formula is C15H18ClNO2. The molecule has 0 aliphatic heterocycles. The van der Waals surface area contributed by atoms with Crippen LogP contribution in [0.2, 0.25) is 5.02 Å². The number of nitrogens with zero attached hydrogens (tertiary/aromatic N) is 1. The van der Waals surface area contributed by atoms with E-state index in [-0.39, 0.29) is 11.9 Å². The summed E-state index contributed by atoms with van der Waals surface area (Å²) in [7, 11) is 1.81. The zero-order valence-corrected chi connectivity index (χ0v) is 12.0. The molecule has 0 bridgehead atoms. The predicted octanol–water partition coefficient (Wildman–Crippen LogP) is 3.23.